The van der Waals surface area contributed by atoms with Gasteiger partial charge >= 0.3 is 5.69 Å². The summed E-state index contributed by atoms with van der Waals surface area (Å²) in [6.45, 7) is 2.35. The zero-order valence-corrected chi connectivity index (χ0v) is 17.8. The number of nitrogen functional groups attached to an aromatic ring is 1. The molecule has 2 aromatic carbocycles. The molecule has 166 valence electrons. The van der Waals surface area contributed by atoms with Gasteiger partial charge in [0.05, 0.1) is 6.54 Å². The number of hydrogen-bond donors (Lipinski definition) is 2. The van der Waals surface area contributed by atoms with Crippen LogP contribution in [0.3, 0.4) is 0 Å². The van der Waals surface area contributed by atoms with Crippen molar-refractivity contribution in [2.45, 2.75) is 32.9 Å². The molecule has 0 spiro atoms. The summed E-state index contributed by atoms with van der Waals surface area (Å²) in [5, 5.41) is 0. The molecule has 0 unspecified atom stereocenters. The SMILES string of the molecule is CCCCn1c(N)c(N(Cc2ccccc2)C(=O)/C=C/c2cccc(F)c2)c(=O)[nH]c1=O. The lowest BCUT2D eigenvalue weighted by molar-refractivity contribution is -0.114. The largest absolute Gasteiger partial charge is 0.383 e. The second-order valence-corrected chi connectivity index (χ2v) is 7.30. The minimum absolute atomic E-state index is 0.0619. The topological polar surface area (TPSA) is 101 Å². The number of aromatic nitrogens is 2. The number of carbonyl (C=O) groups is 1. The quantitative estimate of drug-likeness (QED) is 0.529. The smallest absolute Gasteiger partial charge is 0.330 e. The highest BCUT2D eigenvalue weighted by Gasteiger charge is 2.23. The van der Waals surface area contributed by atoms with E-state index in [1.165, 1.54) is 39.8 Å². The Balaban J connectivity index is 2.06. The first-order valence-corrected chi connectivity index (χ1v) is 10.3. The number of halogens is 1. The Morgan fingerprint density at radius 3 is 2.59 bits per heavy atom. The summed E-state index contributed by atoms with van der Waals surface area (Å²) < 4.78 is 14.7. The summed E-state index contributed by atoms with van der Waals surface area (Å²) in [6, 6.07) is 14.9. The first-order chi connectivity index (χ1) is 15.4. The fraction of sp³-hybridized carbons (Fsp3) is 0.208. The molecule has 1 aromatic heterocycles. The van der Waals surface area contributed by atoms with Crippen LogP contribution in [0, 0.1) is 5.82 Å². The molecule has 7 nitrogen and oxygen atoms in total. The third-order valence-corrected chi connectivity index (χ3v) is 4.94. The maximum Gasteiger partial charge on any atom is 0.330 e. The van der Waals surface area contributed by atoms with Gasteiger partial charge in [-0.2, -0.15) is 0 Å². The molecule has 0 saturated heterocycles. The van der Waals surface area contributed by atoms with E-state index in [1.807, 2.05) is 37.3 Å². The molecule has 0 saturated carbocycles. The number of hydrogen-bond acceptors (Lipinski definition) is 4. The van der Waals surface area contributed by atoms with Crippen molar-refractivity contribution in [3.05, 3.63) is 98.5 Å². The van der Waals surface area contributed by atoms with Gasteiger partial charge in [-0.3, -0.25) is 24.0 Å². The number of nitrogens with two attached hydrogens (primary N) is 1. The zero-order valence-electron chi connectivity index (χ0n) is 17.8. The highest BCUT2D eigenvalue weighted by atomic mass is 19.1. The monoisotopic (exact) mass is 436 g/mol. The van der Waals surface area contributed by atoms with Gasteiger partial charge in [0.25, 0.3) is 11.5 Å². The van der Waals surface area contributed by atoms with E-state index < -0.39 is 23.0 Å². The van der Waals surface area contributed by atoms with E-state index in [2.05, 4.69) is 4.98 Å². The normalized spacial score (nSPS) is 11.1. The Morgan fingerprint density at radius 2 is 1.91 bits per heavy atom. The van der Waals surface area contributed by atoms with Gasteiger partial charge in [-0.15, -0.1) is 0 Å². The van der Waals surface area contributed by atoms with Gasteiger partial charge < -0.3 is 5.73 Å². The molecule has 0 atom stereocenters. The number of unbranched alkanes of at least 4 members (excludes halogenated alkanes) is 1. The van der Waals surface area contributed by atoms with E-state index in [1.54, 1.807) is 6.07 Å². The molecular formula is C24H25FN4O3. The average molecular weight is 436 g/mol. The number of carbonyl (C=O) groups excluding carboxylic acids is 1. The summed E-state index contributed by atoms with van der Waals surface area (Å²) in [7, 11) is 0. The molecule has 1 amide bonds. The molecule has 1 heterocycles. The van der Waals surface area contributed by atoms with Crippen molar-refractivity contribution < 1.29 is 9.18 Å². The predicted octanol–water partition coefficient (Wildman–Crippen LogP) is 3.30. The number of anilines is 2. The summed E-state index contributed by atoms with van der Waals surface area (Å²) in [6.07, 6.45) is 4.21. The third kappa shape index (κ3) is 5.40. The first-order valence-electron chi connectivity index (χ1n) is 10.3. The molecule has 8 heteroatoms. The molecule has 3 aromatic rings. The minimum atomic E-state index is -0.747. The van der Waals surface area contributed by atoms with Crippen LogP contribution in [-0.4, -0.2) is 15.5 Å². The Morgan fingerprint density at radius 1 is 1.16 bits per heavy atom. The van der Waals surface area contributed by atoms with E-state index in [-0.39, 0.29) is 18.1 Å². The molecule has 32 heavy (non-hydrogen) atoms. The summed E-state index contributed by atoms with van der Waals surface area (Å²) in [5.74, 6) is -1.03. The molecule has 3 rings (SSSR count). The number of benzene rings is 2. The van der Waals surface area contributed by atoms with Gasteiger partial charge in [0.15, 0.2) is 5.69 Å². The molecule has 0 fully saturated rings. The lowest BCUT2D eigenvalue weighted by Gasteiger charge is -2.23. The molecule has 3 N–H and O–H groups in total. The molecule has 0 aliphatic heterocycles. The van der Waals surface area contributed by atoms with Crippen LogP contribution >= 0.6 is 0 Å². The van der Waals surface area contributed by atoms with E-state index in [0.29, 0.717) is 18.5 Å². The van der Waals surface area contributed by atoms with Gasteiger partial charge in [0.2, 0.25) is 0 Å². The van der Waals surface area contributed by atoms with E-state index in [0.717, 1.165) is 12.0 Å². The molecule has 0 aliphatic rings. The average Bonchev–Trinajstić information content (AvgIpc) is 2.77. The minimum Gasteiger partial charge on any atom is -0.383 e. The Kier molecular flexibility index (Phi) is 7.38. The Labute approximate surface area is 184 Å². The standard InChI is InChI=1S/C24H25FN4O3/c1-2-3-14-28-22(26)21(23(31)27-24(28)32)29(16-18-8-5-4-6-9-18)20(30)13-12-17-10-7-11-19(25)15-17/h4-13,15H,2-3,14,16,26H2,1H3,(H,27,31,32)/b13-12+. The van der Waals surface area contributed by atoms with Crippen molar-refractivity contribution in [3.63, 3.8) is 0 Å². The highest BCUT2D eigenvalue weighted by molar-refractivity contribution is 6.05. The lowest BCUT2D eigenvalue weighted by atomic mass is 10.1. The van der Waals surface area contributed by atoms with Gasteiger partial charge in [-0.1, -0.05) is 55.8 Å². The number of rotatable bonds is 8. The van der Waals surface area contributed by atoms with Crippen LogP contribution in [-0.2, 0) is 17.9 Å². The second-order valence-electron chi connectivity index (χ2n) is 7.30. The number of nitrogens with zero attached hydrogens (tertiary/aromatic N) is 2. The summed E-state index contributed by atoms with van der Waals surface area (Å²) >= 11 is 0. The number of nitrogens with one attached hydrogen (secondary N) is 1. The third-order valence-electron chi connectivity index (χ3n) is 4.94. The van der Waals surface area contributed by atoms with Crippen LogP contribution in [0.4, 0.5) is 15.9 Å². The Bertz CT molecular complexity index is 1230. The maximum atomic E-state index is 13.5. The van der Waals surface area contributed by atoms with Crippen molar-refractivity contribution in [1.82, 2.24) is 9.55 Å². The van der Waals surface area contributed by atoms with Crippen molar-refractivity contribution in [3.8, 4) is 0 Å². The van der Waals surface area contributed by atoms with Crippen molar-refractivity contribution in [2.75, 3.05) is 10.6 Å². The van der Waals surface area contributed by atoms with Crippen LogP contribution in [0.5, 0.6) is 0 Å². The van der Waals surface area contributed by atoms with Crippen LogP contribution in [0.25, 0.3) is 6.08 Å². The van der Waals surface area contributed by atoms with Crippen LogP contribution in [0.2, 0.25) is 0 Å². The first kappa shape index (κ1) is 22.7. The van der Waals surface area contributed by atoms with Crippen molar-refractivity contribution in [2.24, 2.45) is 0 Å². The molecule has 0 aliphatic carbocycles. The fourth-order valence-electron chi connectivity index (χ4n) is 3.28. The van der Waals surface area contributed by atoms with Crippen LogP contribution in [0.1, 0.15) is 30.9 Å². The van der Waals surface area contributed by atoms with Gasteiger partial charge in [-0.05, 0) is 35.8 Å². The number of H-pyrrole nitrogens is 1. The Hall–Kier alpha value is -3.94. The lowest BCUT2D eigenvalue weighted by Crippen LogP contribution is -2.40. The van der Waals surface area contributed by atoms with Gasteiger partial charge in [-0.25, -0.2) is 9.18 Å². The van der Waals surface area contributed by atoms with E-state index in [4.69, 9.17) is 5.73 Å². The van der Waals surface area contributed by atoms with Crippen molar-refractivity contribution in [1.29, 1.82) is 0 Å². The fourth-order valence-corrected chi connectivity index (χ4v) is 3.28. The van der Waals surface area contributed by atoms with Gasteiger partial charge in [0.1, 0.15) is 11.6 Å². The summed E-state index contributed by atoms with van der Waals surface area (Å²) in [5.41, 5.74) is 6.02. The predicted molar refractivity (Wildman–Crippen MR) is 124 cm³/mol. The van der Waals surface area contributed by atoms with E-state index >= 15 is 0 Å². The van der Waals surface area contributed by atoms with Crippen LogP contribution < -0.4 is 21.9 Å². The maximum absolute atomic E-state index is 13.5. The van der Waals surface area contributed by atoms with Gasteiger partial charge in [0, 0.05) is 12.6 Å². The number of aromatic amines is 1. The highest BCUT2D eigenvalue weighted by Crippen LogP contribution is 2.21. The molecule has 0 radical (unpaired) electrons. The molecular weight excluding hydrogens is 411 g/mol. The van der Waals surface area contributed by atoms with Crippen molar-refractivity contribution >= 4 is 23.5 Å². The number of amides is 1. The zero-order chi connectivity index (χ0) is 23.1. The van der Waals surface area contributed by atoms with Crippen LogP contribution in [0.15, 0.2) is 70.3 Å². The van der Waals surface area contributed by atoms with E-state index in [9.17, 15) is 18.8 Å². The summed E-state index contributed by atoms with van der Waals surface area (Å²) in [4.78, 5) is 41.7. The second kappa shape index (κ2) is 10.4. The molecule has 0 bridgehead atoms.